The first kappa shape index (κ1) is 17.6. The standard InChI is InChI=1S/C13H17FN2O6/c1-3-5-6-10(17)22-8-16-11(18)9(14)7-15(12(16)19)13(20)21-4-2/h7H,3-6,8H2,1-2H3. The maximum Gasteiger partial charge on any atom is 0.422 e. The Morgan fingerprint density at radius 1 is 1.23 bits per heavy atom. The number of hydrogen-bond donors (Lipinski definition) is 0. The van der Waals surface area contributed by atoms with E-state index in [1.165, 1.54) is 6.92 Å². The lowest BCUT2D eigenvalue weighted by Gasteiger charge is -2.10. The van der Waals surface area contributed by atoms with Gasteiger partial charge in [-0.25, -0.2) is 18.7 Å². The van der Waals surface area contributed by atoms with Crippen molar-refractivity contribution in [3.05, 3.63) is 32.9 Å². The molecule has 0 amide bonds. The molecule has 1 aromatic heterocycles. The van der Waals surface area contributed by atoms with Crippen molar-refractivity contribution in [1.29, 1.82) is 0 Å². The molecule has 0 saturated carbocycles. The van der Waals surface area contributed by atoms with Crippen molar-refractivity contribution in [3.8, 4) is 0 Å². The smallest absolute Gasteiger partial charge is 0.422 e. The molecule has 122 valence electrons. The van der Waals surface area contributed by atoms with Crippen LogP contribution in [0.3, 0.4) is 0 Å². The van der Waals surface area contributed by atoms with Gasteiger partial charge >= 0.3 is 17.8 Å². The third-order valence-corrected chi connectivity index (χ3v) is 2.68. The number of halogens is 1. The van der Waals surface area contributed by atoms with Crippen LogP contribution < -0.4 is 11.2 Å². The van der Waals surface area contributed by atoms with E-state index in [4.69, 9.17) is 4.74 Å². The Morgan fingerprint density at radius 2 is 1.91 bits per heavy atom. The van der Waals surface area contributed by atoms with Crippen LogP contribution in [0.2, 0.25) is 0 Å². The number of rotatable bonds is 6. The fraction of sp³-hybridized carbons (Fsp3) is 0.538. The number of hydrogen-bond acceptors (Lipinski definition) is 6. The highest BCUT2D eigenvalue weighted by molar-refractivity contribution is 5.70. The average molecular weight is 316 g/mol. The third-order valence-electron chi connectivity index (χ3n) is 2.68. The Bertz CT molecular complexity index is 663. The summed E-state index contributed by atoms with van der Waals surface area (Å²) in [4.78, 5) is 46.4. The minimum atomic E-state index is -1.34. The second-order valence-corrected chi connectivity index (χ2v) is 4.31. The predicted octanol–water partition coefficient (Wildman–Crippen LogP) is 0.845. The van der Waals surface area contributed by atoms with E-state index >= 15 is 0 Å². The first-order valence-electron chi connectivity index (χ1n) is 6.77. The molecule has 0 bridgehead atoms. The van der Waals surface area contributed by atoms with Crippen molar-refractivity contribution in [1.82, 2.24) is 9.13 Å². The summed E-state index contributed by atoms with van der Waals surface area (Å²) in [5.74, 6) is -1.96. The van der Waals surface area contributed by atoms with E-state index in [1.807, 2.05) is 6.92 Å². The van der Waals surface area contributed by atoms with Crippen LogP contribution in [0.15, 0.2) is 15.8 Å². The summed E-state index contributed by atoms with van der Waals surface area (Å²) in [6.45, 7) is 2.59. The van der Waals surface area contributed by atoms with Gasteiger partial charge in [-0.05, 0) is 13.3 Å². The van der Waals surface area contributed by atoms with Crippen LogP contribution in [0.1, 0.15) is 33.1 Å². The second-order valence-electron chi connectivity index (χ2n) is 4.31. The molecule has 0 aliphatic heterocycles. The average Bonchev–Trinajstić information content (AvgIpc) is 2.48. The van der Waals surface area contributed by atoms with Gasteiger partial charge in [0.15, 0.2) is 6.73 Å². The lowest BCUT2D eigenvalue weighted by molar-refractivity contribution is -0.147. The highest BCUT2D eigenvalue weighted by Gasteiger charge is 2.17. The Balaban J connectivity index is 3.04. The van der Waals surface area contributed by atoms with Crippen molar-refractivity contribution >= 4 is 12.1 Å². The van der Waals surface area contributed by atoms with Crippen LogP contribution in [0.5, 0.6) is 0 Å². The molecule has 9 heteroatoms. The quantitative estimate of drug-likeness (QED) is 0.722. The van der Waals surface area contributed by atoms with Gasteiger partial charge in [0, 0.05) is 6.42 Å². The van der Waals surface area contributed by atoms with E-state index in [2.05, 4.69) is 4.74 Å². The molecule has 0 atom stereocenters. The van der Waals surface area contributed by atoms with Gasteiger partial charge in [-0.15, -0.1) is 0 Å². The summed E-state index contributed by atoms with van der Waals surface area (Å²) in [6, 6.07) is 0. The van der Waals surface area contributed by atoms with Gasteiger partial charge in [0.25, 0.3) is 5.56 Å². The van der Waals surface area contributed by atoms with Gasteiger partial charge in [0.05, 0.1) is 12.8 Å². The molecule has 1 aromatic rings. The maximum absolute atomic E-state index is 13.5. The molecule has 0 aliphatic rings. The number of ether oxygens (including phenoxy) is 2. The van der Waals surface area contributed by atoms with Gasteiger partial charge in [0.2, 0.25) is 5.82 Å². The molecule has 1 rings (SSSR count). The molecule has 0 N–H and O–H groups in total. The zero-order chi connectivity index (χ0) is 16.7. The lowest BCUT2D eigenvalue weighted by atomic mass is 10.3. The lowest BCUT2D eigenvalue weighted by Crippen LogP contribution is -2.44. The molecule has 8 nitrogen and oxygen atoms in total. The molecule has 1 heterocycles. The molecule has 0 unspecified atom stereocenters. The summed E-state index contributed by atoms with van der Waals surface area (Å²) in [6.07, 6.45) is 0.789. The number of carbonyl (C=O) groups is 2. The second kappa shape index (κ2) is 8.11. The van der Waals surface area contributed by atoms with Crippen molar-refractivity contribution < 1.29 is 23.5 Å². The molecule has 22 heavy (non-hydrogen) atoms. The van der Waals surface area contributed by atoms with Crippen LogP contribution in [0.4, 0.5) is 9.18 Å². The normalized spacial score (nSPS) is 10.3. The molecule has 0 aromatic carbocycles. The maximum atomic E-state index is 13.5. The van der Waals surface area contributed by atoms with Crippen molar-refractivity contribution in [2.75, 3.05) is 6.61 Å². The number of esters is 1. The molecule has 0 saturated heterocycles. The number of nitrogens with zero attached hydrogens (tertiary/aromatic N) is 2. The van der Waals surface area contributed by atoms with E-state index in [1.54, 1.807) is 0 Å². The number of carbonyl (C=O) groups excluding carboxylic acids is 2. The molecule has 0 radical (unpaired) electrons. The molecule has 0 fully saturated rings. The SMILES string of the molecule is CCCCC(=O)OCn1c(=O)c(F)cn(C(=O)OCC)c1=O. The fourth-order valence-electron chi connectivity index (χ4n) is 1.54. The topological polar surface area (TPSA) is 96.6 Å². The monoisotopic (exact) mass is 316 g/mol. The number of unbranched alkanes of at least 4 members (excludes halogenated alkanes) is 1. The van der Waals surface area contributed by atoms with Crippen LogP contribution in [0, 0.1) is 5.82 Å². The Kier molecular flexibility index (Phi) is 6.48. The minimum Gasteiger partial charge on any atom is -0.449 e. The van der Waals surface area contributed by atoms with E-state index in [0.717, 1.165) is 6.42 Å². The largest absolute Gasteiger partial charge is 0.449 e. The zero-order valence-electron chi connectivity index (χ0n) is 12.3. The van der Waals surface area contributed by atoms with E-state index in [-0.39, 0.29) is 13.0 Å². The fourth-order valence-corrected chi connectivity index (χ4v) is 1.54. The number of aromatic nitrogens is 2. The van der Waals surface area contributed by atoms with Crippen molar-refractivity contribution in [2.45, 2.75) is 39.8 Å². The Hall–Kier alpha value is -2.45. The van der Waals surface area contributed by atoms with E-state index < -0.39 is 35.9 Å². The van der Waals surface area contributed by atoms with Crippen LogP contribution in [-0.2, 0) is 21.0 Å². The summed E-state index contributed by atoms with van der Waals surface area (Å²) < 4.78 is 23.4. The van der Waals surface area contributed by atoms with Gasteiger partial charge in [0.1, 0.15) is 0 Å². The first-order chi connectivity index (χ1) is 10.4. The Labute approximate surface area is 125 Å². The molecular formula is C13H17FN2O6. The predicted molar refractivity (Wildman–Crippen MR) is 73.0 cm³/mol. The van der Waals surface area contributed by atoms with Crippen molar-refractivity contribution in [2.24, 2.45) is 0 Å². The molecule has 0 spiro atoms. The van der Waals surface area contributed by atoms with Gasteiger partial charge in [-0.3, -0.25) is 9.59 Å². The third kappa shape index (κ3) is 4.27. The molecular weight excluding hydrogens is 299 g/mol. The summed E-state index contributed by atoms with van der Waals surface area (Å²) in [7, 11) is 0. The van der Waals surface area contributed by atoms with E-state index in [9.17, 15) is 23.6 Å². The van der Waals surface area contributed by atoms with Crippen LogP contribution >= 0.6 is 0 Å². The Morgan fingerprint density at radius 3 is 2.50 bits per heavy atom. The van der Waals surface area contributed by atoms with Crippen LogP contribution in [-0.4, -0.2) is 27.8 Å². The first-order valence-corrected chi connectivity index (χ1v) is 6.77. The van der Waals surface area contributed by atoms with E-state index in [0.29, 0.717) is 21.8 Å². The highest BCUT2D eigenvalue weighted by atomic mass is 19.1. The summed E-state index contributed by atoms with van der Waals surface area (Å²) in [5.41, 5.74) is -2.43. The van der Waals surface area contributed by atoms with Crippen LogP contribution in [0.25, 0.3) is 0 Å². The van der Waals surface area contributed by atoms with Gasteiger partial charge in [-0.2, -0.15) is 4.39 Å². The summed E-state index contributed by atoms with van der Waals surface area (Å²) in [5, 5.41) is 0. The van der Waals surface area contributed by atoms with Gasteiger partial charge < -0.3 is 9.47 Å². The molecule has 0 aliphatic carbocycles. The zero-order valence-corrected chi connectivity index (χ0v) is 12.3. The highest BCUT2D eigenvalue weighted by Crippen LogP contribution is 1.97. The minimum absolute atomic E-state index is 0.0297. The summed E-state index contributed by atoms with van der Waals surface area (Å²) >= 11 is 0. The van der Waals surface area contributed by atoms with Gasteiger partial charge in [-0.1, -0.05) is 13.3 Å². The van der Waals surface area contributed by atoms with Crippen molar-refractivity contribution in [3.63, 3.8) is 0 Å².